The highest BCUT2D eigenvalue weighted by Crippen LogP contribution is 2.38. The molecule has 3 aromatic rings. The van der Waals surface area contributed by atoms with Gasteiger partial charge in [0.2, 0.25) is 0 Å². The van der Waals surface area contributed by atoms with E-state index < -0.39 is 5.97 Å². The van der Waals surface area contributed by atoms with Crippen molar-refractivity contribution < 1.29 is 24.1 Å². The van der Waals surface area contributed by atoms with Crippen molar-refractivity contribution in [2.24, 2.45) is 5.92 Å². The topological polar surface area (TPSA) is 84.0 Å². The molecule has 5 rings (SSSR count). The summed E-state index contributed by atoms with van der Waals surface area (Å²) < 4.78 is 17.4. The first-order chi connectivity index (χ1) is 16.5. The van der Waals surface area contributed by atoms with Gasteiger partial charge in [0.1, 0.15) is 5.75 Å². The van der Waals surface area contributed by atoms with E-state index in [-0.39, 0.29) is 12.1 Å². The van der Waals surface area contributed by atoms with Crippen LogP contribution in [0.5, 0.6) is 5.75 Å². The van der Waals surface area contributed by atoms with Gasteiger partial charge in [0.05, 0.1) is 38.6 Å². The Morgan fingerprint density at radius 3 is 2.71 bits per heavy atom. The lowest BCUT2D eigenvalue weighted by Gasteiger charge is -2.40. The molecule has 0 saturated carbocycles. The van der Waals surface area contributed by atoms with E-state index in [9.17, 15) is 9.90 Å². The van der Waals surface area contributed by atoms with Gasteiger partial charge in [-0.15, -0.1) is 0 Å². The van der Waals surface area contributed by atoms with Crippen LogP contribution in [0.2, 0.25) is 0 Å². The average Bonchev–Trinajstić information content (AvgIpc) is 3.31. The third-order valence-electron chi connectivity index (χ3n) is 7.17. The predicted molar refractivity (Wildman–Crippen MR) is 129 cm³/mol. The van der Waals surface area contributed by atoms with Crippen molar-refractivity contribution in [3.8, 4) is 5.75 Å². The number of carboxylic acids is 1. The normalized spacial score (nSPS) is 21.5. The summed E-state index contributed by atoms with van der Waals surface area (Å²) in [6, 6.07) is 11.6. The Kier molecular flexibility index (Phi) is 6.59. The minimum atomic E-state index is -0.907. The number of carboxylic acid groups (broad SMARTS) is 1. The van der Waals surface area contributed by atoms with Crippen LogP contribution in [-0.2, 0) is 16.0 Å². The van der Waals surface area contributed by atoms with Gasteiger partial charge in [-0.2, -0.15) is 0 Å². The monoisotopic (exact) mass is 464 g/mol. The first-order valence-electron chi connectivity index (χ1n) is 11.9. The van der Waals surface area contributed by atoms with E-state index in [1.807, 2.05) is 18.3 Å². The summed E-state index contributed by atoms with van der Waals surface area (Å²) in [7, 11) is 1.73. The molecule has 2 N–H and O–H groups in total. The molecular weight excluding hydrogens is 432 g/mol. The number of H-pyrrole nitrogens is 1. The number of hydrogen-bond donors (Lipinski definition) is 2. The van der Waals surface area contributed by atoms with Crippen molar-refractivity contribution in [1.29, 1.82) is 0 Å². The lowest BCUT2D eigenvalue weighted by atomic mass is 9.91. The zero-order valence-electron chi connectivity index (χ0n) is 19.8. The Bertz CT molecular complexity index is 1150. The summed E-state index contributed by atoms with van der Waals surface area (Å²) in [6.07, 6.45) is 3.98. The van der Waals surface area contributed by atoms with E-state index >= 15 is 0 Å². The van der Waals surface area contributed by atoms with Crippen LogP contribution in [0.15, 0.2) is 42.6 Å². The second-order valence-corrected chi connectivity index (χ2v) is 9.44. The zero-order chi connectivity index (χ0) is 23.7. The first kappa shape index (κ1) is 22.9. The van der Waals surface area contributed by atoms with Crippen LogP contribution in [-0.4, -0.2) is 60.5 Å². The second kappa shape index (κ2) is 9.78. The van der Waals surface area contributed by atoms with Crippen LogP contribution in [0, 0.1) is 12.8 Å². The van der Waals surface area contributed by atoms with Crippen molar-refractivity contribution >= 4 is 16.9 Å². The van der Waals surface area contributed by atoms with Crippen LogP contribution in [0.4, 0.5) is 0 Å². The van der Waals surface area contributed by atoms with E-state index in [0.717, 1.165) is 68.1 Å². The molecule has 7 heteroatoms. The number of nitrogens with one attached hydrogen (secondary N) is 1. The molecule has 34 heavy (non-hydrogen) atoms. The number of aryl methyl sites for hydroxylation is 1. The second-order valence-electron chi connectivity index (χ2n) is 9.44. The Balaban J connectivity index is 1.42. The molecule has 0 spiro atoms. The summed E-state index contributed by atoms with van der Waals surface area (Å²) >= 11 is 0. The Morgan fingerprint density at radius 2 is 2.03 bits per heavy atom. The van der Waals surface area contributed by atoms with E-state index in [2.05, 4.69) is 28.9 Å². The van der Waals surface area contributed by atoms with E-state index in [4.69, 9.17) is 14.2 Å². The highest BCUT2D eigenvalue weighted by atomic mass is 16.5. The number of aromatic nitrogens is 1. The van der Waals surface area contributed by atoms with Gasteiger partial charge in [0.15, 0.2) is 0 Å². The number of piperidine rings is 1. The van der Waals surface area contributed by atoms with E-state index in [1.54, 1.807) is 19.2 Å². The van der Waals surface area contributed by atoms with Crippen LogP contribution >= 0.6 is 0 Å². The summed E-state index contributed by atoms with van der Waals surface area (Å²) in [6.45, 7) is 6.04. The fourth-order valence-electron chi connectivity index (χ4n) is 5.15. The number of likely N-dealkylation sites (tertiary alicyclic amines) is 1. The molecule has 180 valence electrons. The molecule has 2 fully saturated rings. The maximum atomic E-state index is 11.4. The maximum absolute atomic E-state index is 11.4. The molecule has 1 aromatic heterocycles. The van der Waals surface area contributed by atoms with E-state index in [0.29, 0.717) is 11.5 Å². The minimum absolute atomic E-state index is 0.124. The largest absolute Gasteiger partial charge is 0.496 e. The molecule has 0 aliphatic carbocycles. The smallest absolute Gasteiger partial charge is 0.335 e. The number of benzene rings is 2. The Morgan fingerprint density at radius 1 is 1.24 bits per heavy atom. The predicted octanol–water partition coefficient (Wildman–Crippen LogP) is 4.55. The molecule has 0 bridgehead atoms. The van der Waals surface area contributed by atoms with Crippen LogP contribution in [0.25, 0.3) is 10.9 Å². The fraction of sp³-hybridized carbons (Fsp3) is 0.444. The highest BCUT2D eigenvalue weighted by Gasteiger charge is 2.32. The Labute approximate surface area is 199 Å². The van der Waals surface area contributed by atoms with Crippen molar-refractivity contribution in [2.45, 2.75) is 38.5 Å². The standard InChI is InChI=1S/C27H32N2O5/c1-17-11-25(32-2)23(22-7-9-28-26(17)22)13-29-10-8-21(34-16-18-14-33-15-18)12-24(29)19-3-5-20(6-4-19)27(30)31/h3-7,9,11,18,21,24,28H,8,10,12-16H2,1-2H3,(H,30,31)/t21-,24-/m1/s1. The summed E-state index contributed by atoms with van der Waals surface area (Å²) in [5.41, 5.74) is 4.88. The van der Waals surface area contributed by atoms with Crippen LogP contribution < -0.4 is 4.74 Å². The molecule has 2 aromatic carbocycles. The van der Waals surface area contributed by atoms with Crippen LogP contribution in [0.1, 0.15) is 45.9 Å². The lowest BCUT2D eigenvalue weighted by Crippen LogP contribution is -2.41. The minimum Gasteiger partial charge on any atom is -0.496 e. The summed E-state index contributed by atoms with van der Waals surface area (Å²) in [5, 5.41) is 10.5. The number of hydrogen-bond acceptors (Lipinski definition) is 5. The molecule has 2 aliphatic rings. The molecule has 2 saturated heterocycles. The highest BCUT2D eigenvalue weighted by molar-refractivity contribution is 5.88. The number of ether oxygens (including phenoxy) is 3. The number of rotatable bonds is 8. The number of aromatic amines is 1. The first-order valence-corrected chi connectivity index (χ1v) is 11.9. The van der Waals surface area contributed by atoms with Crippen molar-refractivity contribution in [3.05, 3.63) is 64.8 Å². The quantitative estimate of drug-likeness (QED) is 0.509. The molecule has 7 nitrogen and oxygen atoms in total. The SMILES string of the molecule is COc1cc(C)c2[nH]ccc2c1CN1CC[C@@H](OCC2COC2)C[C@@H]1c1ccc(C(=O)O)cc1. The average molecular weight is 465 g/mol. The number of fused-ring (bicyclic) bond motifs is 1. The third-order valence-corrected chi connectivity index (χ3v) is 7.17. The fourth-order valence-corrected chi connectivity index (χ4v) is 5.15. The molecule has 3 heterocycles. The zero-order valence-corrected chi connectivity index (χ0v) is 19.8. The van der Waals surface area contributed by atoms with Gasteiger partial charge in [-0.3, -0.25) is 4.90 Å². The number of aromatic carboxylic acids is 1. The summed E-state index contributed by atoms with van der Waals surface area (Å²) in [4.78, 5) is 17.2. The summed E-state index contributed by atoms with van der Waals surface area (Å²) in [5.74, 6) is 0.494. The number of methoxy groups -OCH3 is 1. The molecule has 2 atom stereocenters. The maximum Gasteiger partial charge on any atom is 0.335 e. The number of nitrogens with zero attached hydrogens (tertiary/aromatic N) is 1. The van der Waals surface area contributed by atoms with Gasteiger partial charge in [0.25, 0.3) is 0 Å². The van der Waals surface area contributed by atoms with Gasteiger partial charge in [-0.1, -0.05) is 12.1 Å². The van der Waals surface area contributed by atoms with E-state index in [1.165, 1.54) is 10.9 Å². The van der Waals surface area contributed by atoms with Gasteiger partial charge >= 0.3 is 5.97 Å². The van der Waals surface area contributed by atoms with Gasteiger partial charge in [-0.25, -0.2) is 4.79 Å². The van der Waals surface area contributed by atoms with Crippen molar-refractivity contribution in [3.63, 3.8) is 0 Å². The molecular formula is C27H32N2O5. The number of carbonyl (C=O) groups is 1. The Hall–Kier alpha value is -2.87. The van der Waals surface area contributed by atoms with Crippen LogP contribution in [0.3, 0.4) is 0 Å². The van der Waals surface area contributed by atoms with Gasteiger partial charge in [-0.05, 0) is 55.2 Å². The molecule has 0 radical (unpaired) electrons. The van der Waals surface area contributed by atoms with Crippen molar-refractivity contribution in [2.75, 3.05) is 33.5 Å². The van der Waals surface area contributed by atoms with Gasteiger partial charge < -0.3 is 24.3 Å². The molecule has 0 amide bonds. The third kappa shape index (κ3) is 4.56. The van der Waals surface area contributed by atoms with Crippen molar-refractivity contribution in [1.82, 2.24) is 9.88 Å². The lowest BCUT2D eigenvalue weighted by molar-refractivity contribution is -0.101. The molecule has 0 unspecified atom stereocenters. The van der Waals surface area contributed by atoms with Gasteiger partial charge in [0, 0.05) is 47.7 Å². The molecule has 2 aliphatic heterocycles.